The number of fused-ring (bicyclic) bond motifs is 4. The highest BCUT2D eigenvalue weighted by molar-refractivity contribution is 5.90. The molecule has 0 saturated heterocycles. The molecular weight excluding hydrogens is 494 g/mol. The van der Waals surface area contributed by atoms with Crippen LogP contribution in [0.3, 0.4) is 0 Å². The fourth-order valence-electron chi connectivity index (χ4n) is 5.28. The second kappa shape index (κ2) is 11.0. The number of carboxylic acids is 1. The zero-order chi connectivity index (χ0) is 27.5. The molecule has 0 saturated carbocycles. The summed E-state index contributed by atoms with van der Waals surface area (Å²) in [6, 6.07) is 21.5. The van der Waals surface area contributed by atoms with Gasteiger partial charge in [0.25, 0.3) is 0 Å². The topological polar surface area (TPSA) is 121 Å². The molecule has 4 aromatic rings. The van der Waals surface area contributed by atoms with Gasteiger partial charge in [-0.3, -0.25) is 4.79 Å². The molecule has 200 valence electrons. The van der Waals surface area contributed by atoms with E-state index in [0.717, 1.165) is 38.7 Å². The number of alkyl carbamates (subject to hydrolysis) is 1. The number of nitrogens with one attached hydrogen (secondary N) is 3. The highest BCUT2D eigenvalue weighted by atomic mass is 16.5. The summed E-state index contributed by atoms with van der Waals surface area (Å²) in [5.41, 5.74) is 6.09. The molecule has 0 bridgehead atoms. The van der Waals surface area contributed by atoms with Crippen LogP contribution in [0.5, 0.6) is 0 Å². The van der Waals surface area contributed by atoms with Crippen LogP contribution in [-0.4, -0.2) is 46.8 Å². The zero-order valence-corrected chi connectivity index (χ0v) is 21.8. The average molecular weight is 526 g/mol. The standard InChI is InChI=1S/C31H31N3O5/c1-18(2)28(29(35)33-27(30(36)37)15-19-16-32-26-14-8-7-9-20(19)26)34-31(38)39-17-25-23-12-5-3-10-21(23)22-11-4-6-13-24(22)25/h3-14,16,18,25,27-28,32H,15,17H2,1-2H3,(H,33,35)(H,34,38)(H,36,37)/t27-,28-/m0/s1. The van der Waals surface area contributed by atoms with Gasteiger partial charge in [-0.05, 0) is 39.8 Å². The Labute approximate surface area is 226 Å². The lowest BCUT2D eigenvalue weighted by Gasteiger charge is -2.24. The van der Waals surface area contributed by atoms with Crippen LogP contribution in [-0.2, 0) is 20.7 Å². The van der Waals surface area contributed by atoms with Crippen LogP contribution in [0.25, 0.3) is 22.0 Å². The molecule has 5 rings (SSSR count). The number of benzene rings is 3. The molecule has 1 heterocycles. The van der Waals surface area contributed by atoms with Crippen molar-refractivity contribution in [1.29, 1.82) is 0 Å². The lowest BCUT2D eigenvalue weighted by molar-refractivity contribution is -0.142. The van der Waals surface area contributed by atoms with Gasteiger partial charge >= 0.3 is 12.1 Å². The second-order valence-corrected chi connectivity index (χ2v) is 10.2. The van der Waals surface area contributed by atoms with E-state index < -0.39 is 30.1 Å². The highest BCUT2D eigenvalue weighted by Crippen LogP contribution is 2.44. The Kier molecular flexibility index (Phi) is 7.36. The maximum atomic E-state index is 13.2. The molecule has 3 aromatic carbocycles. The third-order valence-corrected chi connectivity index (χ3v) is 7.28. The van der Waals surface area contributed by atoms with Crippen LogP contribution in [0.2, 0.25) is 0 Å². The fraction of sp³-hybridized carbons (Fsp3) is 0.258. The lowest BCUT2D eigenvalue weighted by atomic mass is 9.98. The molecule has 2 atom stereocenters. The number of carbonyl (C=O) groups excluding carboxylic acids is 2. The largest absolute Gasteiger partial charge is 0.480 e. The van der Waals surface area contributed by atoms with E-state index in [0.29, 0.717) is 0 Å². The van der Waals surface area contributed by atoms with Crippen molar-refractivity contribution >= 4 is 28.9 Å². The molecule has 8 nitrogen and oxygen atoms in total. The number of ether oxygens (including phenoxy) is 1. The first-order valence-corrected chi connectivity index (χ1v) is 13.0. The normalized spacial score (nSPS) is 13.9. The highest BCUT2D eigenvalue weighted by Gasteiger charge is 2.32. The van der Waals surface area contributed by atoms with E-state index in [4.69, 9.17) is 4.74 Å². The van der Waals surface area contributed by atoms with Crippen molar-refractivity contribution in [3.8, 4) is 11.1 Å². The van der Waals surface area contributed by atoms with E-state index in [1.807, 2.05) is 60.7 Å². The molecule has 0 spiro atoms. The molecule has 1 aliphatic carbocycles. The number of carboxylic acid groups (broad SMARTS) is 1. The number of aliphatic carboxylic acids is 1. The molecule has 0 unspecified atom stereocenters. The van der Waals surface area contributed by atoms with Gasteiger partial charge in [0.05, 0.1) is 0 Å². The number of aromatic amines is 1. The van der Waals surface area contributed by atoms with Crippen molar-refractivity contribution in [1.82, 2.24) is 15.6 Å². The maximum absolute atomic E-state index is 13.2. The minimum Gasteiger partial charge on any atom is -0.480 e. The Morgan fingerprint density at radius 1 is 0.897 bits per heavy atom. The third-order valence-electron chi connectivity index (χ3n) is 7.28. The van der Waals surface area contributed by atoms with Crippen molar-refractivity contribution in [3.05, 3.63) is 95.7 Å². The Hall–Kier alpha value is -4.59. The monoisotopic (exact) mass is 525 g/mol. The Balaban J connectivity index is 1.24. The number of aromatic nitrogens is 1. The van der Waals surface area contributed by atoms with Crippen LogP contribution in [0.15, 0.2) is 79.0 Å². The molecule has 0 radical (unpaired) electrons. The summed E-state index contributed by atoms with van der Waals surface area (Å²) in [6.07, 6.45) is 1.12. The number of H-pyrrole nitrogens is 1. The summed E-state index contributed by atoms with van der Waals surface area (Å²) in [6.45, 7) is 3.68. The van der Waals surface area contributed by atoms with Gasteiger partial charge in [0.2, 0.25) is 5.91 Å². The van der Waals surface area contributed by atoms with E-state index in [9.17, 15) is 19.5 Å². The van der Waals surface area contributed by atoms with E-state index >= 15 is 0 Å². The number of para-hydroxylation sites is 1. The van der Waals surface area contributed by atoms with Crippen molar-refractivity contribution in [2.24, 2.45) is 5.92 Å². The van der Waals surface area contributed by atoms with E-state index in [-0.39, 0.29) is 24.9 Å². The Bertz CT molecular complexity index is 1480. The first-order chi connectivity index (χ1) is 18.8. The van der Waals surface area contributed by atoms with Gasteiger partial charge in [0, 0.05) is 29.4 Å². The number of amides is 2. The summed E-state index contributed by atoms with van der Waals surface area (Å²) in [4.78, 5) is 41.1. The zero-order valence-electron chi connectivity index (χ0n) is 21.8. The first kappa shape index (κ1) is 26.0. The summed E-state index contributed by atoms with van der Waals surface area (Å²) in [5, 5.41) is 16.0. The summed E-state index contributed by atoms with van der Waals surface area (Å²) < 4.78 is 5.61. The van der Waals surface area contributed by atoms with Crippen LogP contribution in [0, 0.1) is 5.92 Å². The third kappa shape index (κ3) is 5.36. The molecule has 39 heavy (non-hydrogen) atoms. The average Bonchev–Trinajstić information content (AvgIpc) is 3.48. The minimum atomic E-state index is -1.16. The molecule has 2 amide bonds. The van der Waals surface area contributed by atoms with Gasteiger partial charge in [0.15, 0.2) is 0 Å². The Morgan fingerprint density at radius 2 is 1.51 bits per heavy atom. The van der Waals surface area contributed by atoms with Gasteiger partial charge in [-0.25, -0.2) is 9.59 Å². The SMILES string of the molecule is CC(C)[C@H](NC(=O)OCC1c2ccccc2-c2ccccc21)C(=O)N[C@@H](Cc1c[nH]c2ccccc12)C(=O)O. The summed E-state index contributed by atoms with van der Waals surface area (Å²) in [7, 11) is 0. The molecule has 1 aliphatic rings. The summed E-state index contributed by atoms with van der Waals surface area (Å²) >= 11 is 0. The van der Waals surface area contributed by atoms with Crippen LogP contribution in [0.4, 0.5) is 4.79 Å². The van der Waals surface area contributed by atoms with E-state index in [1.165, 1.54) is 0 Å². The number of carbonyl (C=O) groups is 3. The molecule has 1 aromatic heterocycles. The van der Waals surface area contributed by atoms with Crippen molar-refractivity contribution < 1.29 is 24.2 Å². The van der Waals surface area contributed by atoms with E-state index in [1.54, 1.807) is 20.0 Å². The molecule has 8 heteroatoms. The van der Waals surface area contributed by atoms with Gasteiger partial charge in [-0.2, -0.15) is 0 Å². The molecule has 0 aliphatic heterocycles. The van der Waals surface area contributed by atoms with Crippen LogP contribution >= 0.6 is 0 Å². The quantitative estimate of drug-likeness (QED) is 0.249. The van der Waals surface area contributed by atoms with E-state index in [2.05, 4.69) is 27.8 Å². The van der Waals surface area contributed by atoms with Crippen LogP contribution in [0.1, 0.15) is 36.5 Å². The maximum Gasteiger partial charge on any atom is 0.407 e. The van der Waals surface area contributed by atoms with Gasteiger partial charge < -0.3 is 25.5 Å². The lowest BCUT2D eigenvalue weighted by Crippen LogP contribution is -2.54. The number of rotatable bonds is 9. The van der Waals surface area contributed by atoms with Crippen molar-refractivity contribution in [2.45, 2.75) is 38.3 Å². The second-order valence-electron chi connectivity index (χ2n) is 10.2. The predicted octanol–water partition coefficient (Wildman–Crippen LogP) is 4.84. The molecular formula is C31H31N3O5. The smallest absolute Gasteiger partial charge is 0.407 e. The van der Waals surface area contributed by atoms with Gasteiger partial charge in [-0.15, -0.1) is 0 Å². The fourth-order valence-corrected chi connectivity index (χ4v) is 5.28. The van der Waals surface area contributed by atoms with Gasteiger partial charge in [0.1, 0.15) is 18.7 Å². The predicted molar refractivity (Wildman–Crippen MR) is 148 cm³/mol. The van der Waals surface area contributed by atoms with Crippen molar-refractivity contribution in [3.63, 3.8) is 0 Å². The number of hydrogen-bond donors (Lipinski definition) is 4. The number of hydrogen-bond acceptors (Lipinski definition) is 4. The summed E-state index contributed by atoms with van der Waals surface area (Å²) in [5.74, 6) is -2.14. The molecule has 0 fully saturated rings. The minimum absolute atomic E-state index is 0.0981. The Morgan fingerprint density at radius 3 is 2.15 bits per heavy atom. The van der Waals surface area contributed by atoms with Crippen molar-refractivity contribution in [2.75, 3.05) is 6.61 Å². The first-order valence-electron chi connectivity index (χ1n) is 13.0. The van der Waals surface area contributed by atoms with Gasteiger partial charge in [-0.1, -0.05) is 80.6 Å². The van der Waals surface area contributed by atoms with Crippen LogP contribution < -0.4 is 10.6 Å². The molecule has 4 N–H and O–H groups in total.